The van der Waals surface area contributed by atoms with Crippen molar-refractivity contribution in [1.29, 1.82) is 0 Å². The second kappa shape index (κ2) is 9.23. The fourth-order valence-corrected chi connectivity index (χ4v) is 4.78. The van der Waals surface area contributed by atoms with Gasteiger partial charge in [-0.05, 0) is 69.0 Å². The Balaban J connectivity index is 1.07. The Morgan fingerprint density at radius 2 is 1.77 bits per heavy atom. The summed E-state index contributed by atoms with van der Waals surface area (Å²) in [6.07, 6.45) is 4.77. The predicted octanol–water partition coefficient (Wildman–Crippen LogP) is 4.75. The Kier molecular flexibility index (Phi) is 6.60. The molecule has 166 valence electrons. The van der Waals surface area contributed by atoms with E-state index in [9.17, 15) is 9.18 Å². The topological polar surface area (TPSA) is 59.6 Å². The van der Waals surface area contributed by atoms with Crippen molar-refractivity contribution < 1.29 is 18.7 Å². The summed E-state index contributed by atoms with van der Waals surface area (Å²) in [7, 11) is 0. The minimum atomic E-state index is -0.567. The molecule has 0 spiro atoms. The van der Waals surface area contributed by atoms with Crippen LogP contribution in [0.4, 0.5) is 4.39 Å². The van der Waals surface area contributed by atoms with Crippen molar-refractivity contribution in [2.75, 3.05) is 19.8 Å². The lowest BCUT2D eigenvalue weighted by Gasteiger charge is -2.70. The molecule has 2 aromatic carbocycles. The van der Waals surface area contributed by atoms with Gasteiger partial charge in [0, 0.05) is 22.2 Å². The third kappa shape index (κ3) is 5.43. The fourth-order valence-electron chi connectivity index (χ4n) is 4.48. The monoisotopic (exact) mass is 466 g/mol. The highest BCUT2D eigenvalue weighted by atomic mass is 35.5. The predicted molar refractivity (Wildman–Crippen MR) is 119 cm³/mol. The van der Waals surface area contributed by atoms with Crippen LogP contribution < -0.4 is 20.1 Å². The lowest BCUT2D eigenvalue weighted by molar-refractivity contribution is -0.143. The molecular weight excluding hydrogens is 442 g/mol. The quantitative estimate of drug-likeness (QED) is 0.469. The Hall–Kier alpha value is -2.02. The Bertz CT molecular complexity index is 936. The number of amides is 1. The van der Waals surface area contributed by atoms with Crippen molar-refractivity contribution in [1.82, 2.24) is 10.6 Å². The summed E-state index contributed by atoms with van der Waals surface area (Å²) in [6.45, 7) is 1.44. The van der Waals surface area contributed by atoms with Crippen LogP contribution >= 0.6 is 23.2 Å². The Morgan fingerprint density at radius 3 is 2.52 bits per heavy atom. The lowest BCUT2D eigenvalue weighted by atomic mass is 9.44. The highest BCUT2D eigenvalue weighted by molar-refractivity contribution is 6.31. The molecule has 0 atom stereocenters. The number of hydrogen-bond acceptors (Lipinski definition) is 4. The van der Waals surface area contributed by atoms with E-state index in [-0.39, 0.29) is 34.4 Å². The molecule has 0 aromatic heterocycles. The first-order valence-electron chi connectivity index (χ1n) is 10.4. The van der Waals surface area contributed by atoms with Crippen LogP contribution in [-0.4, -0.2) is 36.7 Å². The Morgan fingerprint density at radius 1 is 1.00 bits per heavy atom. The van der Waals surface area contributed by atoms with Crippen LogP contribution in [0.25, 0.3) is 0 Å². The minimum Gasteiger partial charge on any atom is -0.494 e. The number of carbonyl (C=O) groups excluding carboxylic acids is 1. The molecule has 3 aliphatic carbocycles. The number of unbranched alkanes of at least 4 members (excludes halogenated alkanes) is 1. The molecule has 0 aliphatic heterocycles. The molecule has 3 aliphatic rings. The van der Waals surface area contributed by atoms with Gasteiger partial charge >= 0.3 is 0 Å². The minimum absolute atomic E-state index is 0.0251. The second-order valence-corrected chi connectivity index (χ2v) is 9.29. The van der Waals surface area contributed by atoms with Crippen molar-refractivity contribution in [2.45, 2.75) is 43.2 Å². The first kappa shape index (κ1) is 22.2. The number of benzene rings is 2. The van der Waals surface area contributed by atoms with E-state index >= 15 is 0 Å². The van der Waals surface area contributed by atoms with Crippen molar-refractivity contribution in [2.24, 2.45) is 0 Å². The summed E-state index contributed by atoms with van der Waals surface area (Å²) in [6, 6.07) is 11.5. The first-order chi connectivity index (χ1) is 14.9. The standard InChI is InChI=1S/C23H25Cl2FN2O3/c24-16-4-3-5-17(10-16)30-9-2-1-8-27-22-13-23(14-22,15-22)28-21(29)12-31-18-6-7-19(25)20(26)11-18/h3-7,10-11,27H,1-2,8-9,12-15H2,(H,28,29). The van der Waals surface area contributed by atoms with E-state index in [1.807, 2.05) is 24.3 Å². The van der Waals surface area contributed by atoms with Crippen molar-refractivity contribution in [3.8, 4) is 11.5 Å². The van der Waals surface area contributed by atoms with Gasteiger partial charge in [-0.25, -0.2) is 4.39 Å². The molecule has 0 heterocycles. The average Bonchev–Trinajstić information content (AvgIpc) is 2.68. The van der Waals surface area contributed by atoms with E-state index in [0.29, 0.717) is 11.6 Å². The smallest absolute Gasteiger partial charge is 0.258 e. The molecule has 2 aromatic rings. The fraction of sp³-hybridized carbons (Fsp3) is 0.435. The average molecular weight is 467 g/mol. The number of halogens is 3. The lowest BCUT2D eigenvalue weighted by Crippen LogP contribution is -2.83. The van der Waals surface area contributed by atoms with Crippen LogP contribution in [0.15, 0.2) is 42.5 Å². The molecule has 0 unspecified atom stereocenters. The van der Waals surface area contributed by atoms with Crippen LogP contribution in [0.5, 0.6) is 11.5 Å². The van der Waals surface area contributed by atoms with E-state index < -0.39 is 5.82 Å². The molecule has 31 heavy (non-hydrogen) atoms. The molecule has 3 fully saturated rings. The van der Waals surface area contributed by atoms with E-state index in [1.54, 1.807) is 6.07 Å². The van der Waals surface area contributed by atoms with Gasteiger partial charge in [-0.15, -0.1) is 0 Å². The largest absolute Gasteiger partial charge is 0.494 e. The summed E-state index contributed by atoms with van der Waals surface area (Å²) >= 11 is 11.6. The summed E-state index contributed by atoms with van der Waals surface area (Å²) in [5, 5.41) is 7.38. The normalized spacial score (nSPS) is 23.5. The third-order valence-electron chi connectivity index (χ3n) is 5.83. The van der Waals surface area contributed by atoms with Crippen LogP contribution in [0.1, 0.15) is 32.1 Å². The van der Waals surface area contributed by atoms with Crippen molar-refractivity contribution in [3.63, 3.8) is 0 Å². The van der Waals surface area contributed by atoms with Gasteiger partial charge in [0.25, 0.3) is 5.91 Å². The van der Waals surface area contributed by atoms with Gasteiger partial charge in [0.2, 0.25) is 0 Å². The van der Waals surface area contributed by atoms with Gasteiger partial charge in [-0.1, -0.05) is 29.3 Å². The van der Waals surface area contributed by atoms with Gasteiger partial charge in [0.05, 0.1) is 11.6 Å². The molecule has 8 heteroatoms. The highest BCUT2D eigenvalue weighted by Gasteiger charge is 2.68. The highest BCUT2D eigenvalue weighted by Crippen LogP contribution is 2.60. The van der Waals surface area contributed by atoms with Crippen LogP contribution in [0.3, 0.4) is 0 Å². The number of carbonyl (C=O) groups is 1. The number of rotatable bonds is 11. The summed E-state index contributed by atoms with van der Waals surface area (Å²) in [5.41, 5.74) is 0.0373. The summed E-state index contributed by atoms with van der Waals surface area (Å²) in [5.74, 6) is 0.319. The van der Waals surface area contributed by atoms with E-state index in [2.05, 4.69) is 10.6 Å². The molecule has 3 saturated carbocycles. The zero-order valence-electron chi connectivity index (χ0n) is 17.1. The van der Waals surface area contributed by atoms with Crippen LogP contribution in [-0.2, 0) is 4.79 Å². The van der Waals surface area contributed by atoms with Gasteiger partial charge in [-0.3, -0.25) is 4.79 Å². The zero-order chi connectivity index (χ0) is 21.9. The summed E-state index contributed by atoms with van der Waals surface area (Å²) < 4.78 is 24.5. The van der Waals surface area contributed by atoms with E-state index in [4.69, 9.17) is 32.7 Å². The van der Waals surface area contributed by atoms with Gasteiger partial charge in [-0.2, -0.15) is 0 Å². The van der Waals surface area contributed by atoms with Gasteiger partial charge < -0.3 is 20.1 Å². The maximum Gasteiger partial charge on any atom is 0.258 e. The molecule has 5 rings (SSSR count). The maximum absolute atomic E-state index is 13.4. The first-order valence-corrected chi connectivity index (χ1v) is 11.2. The Labute approximate surface area is 191 Å². The summed E-state index contributed by atoms with van der Waals surface area (Å²) in [4.78, 5) is 12.2. The maximum atomic E-state index is 13.4. The molecular formula is C23H25Cl2FN2O3. The van der Waals surface area contributed by atoms with Gasteiger partial charge in [0.1, 0.15) is 17.3 Å². The third-order valence-corrected chi connectivity index (χ3v) is 6.37. The van der Waals surface area contributed by atoms with Gasteiger partial charge in [0.15, 0.2) is 6.61 Å². The zero-order valence-corrected chi connectivity index (χ0v) is 18.6. The molecule has 5 nitrogen and oxygen atoms in total. The SMILES string of the molecule is O=C(COc1ccc(Cl)c(F)c1)NC12CC(NCCCCOc3cccc(Cl)c3)(C1)C2. The van der Waals surface area contributed by atoms with Crippen LogP contribution in [0.2, 0.25) is 10.0 Å². The molecule has 0 radical (unpaired) electrons. The number of nitrogens with one attached hydrogen (secondary N) is 2. The van der Waals surface area contributed by atoms with E-state index in [0.717, 1.165) is 44.4 Å². The van der Waals surface area contributed by atoms with Crippen molar-refractivity contribution in [3.05, 3.63) is 58.3 Å². The molecule has 2 N–H and O–H groups in total. The number of ether oxygens (including phenoxy) is 2. The molecule has 2 bridgehead atoms. The van der Waals surface area contributed by atoms with Crippen molar-refractivity contribution >= 4 is 29.1 Å². The van der Waals surface area contributed by atoms with E-state index in [1.165, 1.54) is 12.1 Å². The molecule has 0 saturated heterocycles. The number of hydrogen-bond donors (Lipinski definition) is 2. The molecule has 1 amide bonds. The second-order valence-electron chi connectivity index (χ2n) is 8.44. The van der Waals surface area contributed by atoms with Crippen LogP contribution in [0, 0.1) is 5.82 Å².